The molecule has 0 aliphatic carbocycles. The molecule has 0 bridgehead atoms. The molecule has 0 aromatic carbocycles. The van der Waals surface area contributed by atoms with Crippen molar-refractivity contribution in [2.24, 2.45) is 0 Å². The van der Waals surface area contributed by atoms with Gasteiger partial charge in [-0.1, -0.05) is 11.6 Å². The Morgan fingerprint density at radius 3 is 2.65 bits per heavy atom. The fourth-order valence-corrected chi connectivity index (χ4v) is 1.39. The van der Waals surface area contributed by atoms with Gasteiger partial charge in [0.05, 0.1) is 10.7 Å². The third-order valence-electron chi connectivity index (χ3n) is 2.29. The van der Waals surface area contributed by atoms with Crippen LogP contribution in [0.1, 0.15) is 18.7 Å². The molecule has 0 spiro atoms. The topological polar surface area (TPSA) is 77.6 Å². The lowest BCUT2D eigenvalue weighted by molar-refractivity contribution is -0.120. The highest BCUT2D eigenvalue weighted by molar-refractivity contribution is 6.31. The standard InChI is InChI=1S/C9H11ClN6O/c1-6-8(10)3-16(13-6)7(2)9(17)14-15-4-11-12-5-15/h3-5,7H,1-2H3,(H,14,17)/t7-/m0/s1. The SMILES string of the molecule is Cc1nn([C@@H](C)C(=O)Nn2cnnc2)cc1Cl. The number of carbonyl (C=O) groups is 1. The first kappa shape index (κ1) is 11.6. The Balaban J connectivity index is 2.09. The number of carbonyl (C=O) groups excluding carboxylic acids is 1. The summed E-state index contributed by atoms with van der Waals surface area (Å²) in [5, 5.41) is 11.8. The summed E-state index contributed by atoms with van der Waals surface area (Å²) < 4.78 is 2.88. The normalized spacial score (nSPS) is 12.4. The lowest BCUT2D eigenvalue weighted by atomic mass is 10.3. The molecule has 1 atom stereocenters. The number of nitrogens with one attached hydrogen (secondary N) is 1. The summed E-state index contributed by atoms with van der Waals surface area (Å²) >= 11 is 5.88. The molecule has 0 unspecified atom stereocenters. The van der Waals surface area contributed by atoms with E-state index in [4.69, 9.17) is 11.6 Å². The fourth-order valence-electron chi connectivity index (χ4n) is 1.26. The highest BCUT2D eigenvalue weighted by Crippen LogP contribution is 2.15. The molecule has 0 saturated heterocycles. The Hall–Kier alpha value is -1.89. The first-order valence-corrected chi connectivity index (χ1v) is 5.32. The molecule has 1 amide bonds. The molecular formula is C9H11ClN6O. The van der Waals surface area contributed by atoms with Crippen LogP contribution in [0.25, 0.3) is 0 Å². The van der Waals surface area contributed by atoms with E-state index >= 15 is 0 Å². The van der Waals surface area contributed by atoms with Gasteiger partial charge in [-0.25, -0.2) is 4.68 Å². The summed E-state index contributed by atoms with van der Waals surface area (Å²) in [6, 6.07) is -0.469. The van der Waals surface area contributed by atoms with Crippen molar-refractivity contribution in [2.75, 3.05) is 5.43 Å². The molecule has 2 heterocycles. The monoisotopic (exact) mass is 254 g/mol. The smallest absolute Gasteiger partial charge is 0.263 e. The summed E-state index contributed by atoms with van der Waals surface area (Å²) in [6.07, 6.45) is 4.41. The minimum atomic E-state index is -0.469. The van der Waals surface area contributed by atoms with Gasteiger partial charge in [0.25, 0.3) is 5.91 Å². The number of amides is 1. The van der Waals surface area contributed by atoms with Gasteiger partial charge < -0.3 is 0 Å². The molecule has 0 radical (unpaired) electrons. The molecule has 17 heavy (non-hydrogen) atoms. The van der Waals surface area contributed by atoms with Gasteiger partial charge in [-0.2, -0.15) is 5.10 Å². The second-order valence-electron chi connectivity index (χ2n) is 3.56. The molecule has 0 aliphatic heterocycles. The average Bonchev–Trinajstić information content (AvgIpc) is 2.89. The van der Waals surface area contributed by atoms with Crippen LogP contribution in [0.15, 0.2) is 18.9 Å². The lowest BCUT2D eigenvalue weighted by Crippen LogP contribution is -2.29. The molecule has 0 aliphatic rings. The maximum atomic E-state index is 11.8. The van der Waals surface area contributed by atoms with Gasteiger partial charge in [-0.15, -0.1) is 10.2 Å². The van der Waals surface area contributed by atoms with E-state index in [0.717, 1.165) is 0 Å². The maximum absolute atomic E-state index is 11.8. The minimum Gasteiger partial charge on any atom is -0.271 e. The molecule has 0 fully saturated rings. The second-order valence-corrected chi connectivity index (χ2v) is 3.97. The van der Waals surface area contributed by atoms with Crippen LogP contribution < -0.4 is 5.43 Å². The van der Waals surface area contributed by atoms with Crippen LogP contribution >= 0.6 is 11.6 Å². The van der Waals surface area contributed by atoms with E-state index in [1.807, 2.05) is 0 Å². The number of nitrogens with zero attached hydrogens (tertiary/aromatic N) is 5. The van der Waals surface area contributed by atoms with Gasteiger partial charge in [-0.3, -0.25) is 14.9 Å². The van der Waals surface area contributed by atoms with E-state index in [9.17, 15) is 4.79 Å². The number of rotatable bonds is 3. The molecule has 2 aromatic heterocycles. The Kier molecular flexibility index (Phi) is 3.10. The summed E-state index contributed by atoms with van der Waals surface area (Å²) in [6.45, 7) is 3.51. The third kappa shape index (κ3) is 2.44. The van der Waals surface area contributed by atoms with E-state index in [0.29, 0.717) is 10.7 Å². The van der Waals surface area contributed by atoms with E-state index in [1.165, 1.54) is 22.0 Å². The molecule has 2 rings (SSSR count). The second kappa shape index (κ2) is 4.54. The van der Waals surface area contributed by atoms with Crippen molar-refractivity contribution in [1.82, 2.24) is 24.7 Å². The molecule has 1 N–H and O–H groups in total. The number of hydrogen-bond donors (Lipinski definition) is 1. The largest absolute Gasteiger partial charge is 0.271 e. The van der Waals surface area contributed by atoms with Gasteiger partial charge in [0.1, 0.15) is 18.7 Å². The van der Waals surface area contributed by atoms with Crippen LogP contribution in [-0.2, 0) is 4.79 Å². The van der Waals surface area contributed by atoms with Crippen molar-refractivity contribution in [2.45, 2.75) is 19.9 Å². The van der Waals surface area contributed by atoms with Crippen LogP contribution in [0.3, 0.4) is 0 Å². The van der Waals surface area contributed by atoms with Gasteiger partial charge in [0.15, 0.2) is 0 Å². The van der Waals surface area contributed by atoms with Crippen LogP contribution in [0.2, 0.25) is 5.02 Å². The first-order chi connectivity index (χ1) is 8.08. The summed E-state index contributed by atoms with van der Waals surface area (Å²) in [4.78, 5) is 11.8. The number of hydrogen-bond acceptors (Lipinski definition) is 4. The zero-order chi connectivity index (χ0) is 12.4. The fraction of sp³-hybridized carbons (Fsp3) is 0.333. The third-order valence-corrected chi connectivity index (χ3v) is 2.66. The predicted octanol–water partition coefficient (Wildman–Crippen LogP) is 0.768. The van der Waals surface area contributed by atoms with E-state index in [2.05, 4.69) is 20.7 Å². The number of aromatic nitrogens is 5. The Labute approximate surface area is 102 Å². The van der Waals surface area contributed by atoms with Crippen molar-refractivity contribution in [1.29, 1.82) is 0 Å². The molecule has 90 valence electrons. The van der Waals surface area contributed by atoms with Crippen LogP contribution in [-0.4, -0.2) is 30.6 Å². The Morgan fingerprint density at radius 1 is 1.47 bits per heavy atom. The molecule has 8 heteroatoms. The summed E-state index contributed by atoms with van der Waals surface area (Å²) in [7, 11) is 0. The summed E-state index contributed by atoms with van der Waals surface area (Å²) in [5.41, 5.74) is 3.29. The average molecular weight is 255 g/mol. The van der Waals surface area contributed by atoms with Gasteiger partial charge in [-0.05, 0) is 13.8 Å². The number of aryl methyl sites for hydroxylation is 1. The van der Waals surface area contributed by atoms with Crippen LogP contribution in [0.5, 0.6) is 0 Å². The predicted molar refractivity (Wildman–Crippen MR) is 61.1 cm³/mol. The van der Waals surface area contributed by atoms with Gasteiger partial charge >= 0.3 is 0 Å². The van der Waals surface area contributed by atoms with E-state index in [1.54, 1.807) is 20.0 Å². The molecule has 0 saturated carbocycles. The first-order valence-electron chi connectivity index (χ1n) is 4.94. The molecule has 2 aromatic rings. The lowest BCUT2D eigenvalue weighted by Gasteiger charge is -2.12. The van der Waals surface area contributed by atoms with Crippen molar-refractivity contribution < 1.29 is 4.79 Å². The zero-order valence-electron chi connectivity index (χ0n) is 9.33. The van der Waals surface area contributed by atoms with Gasteiger partial charge in [0.2, 0.25) is 0 Å². The highest BCUT2D eigenvalue weighted by atomic mass is 35.5. The maximum Gasteiger partial charge on any atom is 0.263 e. The van der Waals surface area contributed by atoms with Crippen LogP contribution in [0, 0.1) is 6.92 Å². The Morgan fingerprint density at radius 2 is 2.12 bits per heavy atom. The molecule has 7 nitrogen and oxygen atoms in total. The van der Waals surface area contributed by atoms with Crippen molar-refractivity contribution in [3.05, 3.63) is 29.6 Å². The number of halogens is 1. The van der Waals surface area contributed by atoms with Crippen molar-refractivity contribution in [3.8, 4) is 0 Å². The van der Waals surface area contributed by atoms with E-state index < -0.39 is 6.04 Å². The minimum absolute atomic E-state index is 0.232. The van der Waals surface area contributed by atoms with Crippen LogP contribution in [0.4, 0.5) is 0 Å². The Bertz CT molecular complexity index is 500. The van der Waals surface area contributed by atoms with Crippen molar-refractivity contribution in [3.63, 3.8) is 0 Å². The molecular weight excluding hydrogens is 244 g/mol. The van der Waals surface area contributed by atoms with Gasteiger partial charge in [0, 0.05) is 6.20 Å². The highest BCUT2D eigenvalue weighted by Gasteiger charge is 2.17. The van der Waals surface area contributed by atoms with Crippen molar-refractivity contribution >= 4 is 17.5 Å². The summed E-state index contributed by atoms with van der Waals surface area (Å²) in [5.74, 6) is -0.232. The quantitative estimate of drug-likeness (QED) is 0.878. The zero-order valence-corrected chi connectivity index (χ0v) is 10.1. The van der Waals surface area contributed by atoms with E-state index in [-0.39, 0.29) is 5.91 Å².